The summed E-state index contributed by atoms with van der Waals surface area (Å²) >= 11 is 0. The van der Waals surface area contributed by atoms with Gasteiger partial charge in [0.2, 0.25) is 5.91 Å². The van der Waals surface area contributed by atoms with Crippen molar-refractivity contribution in [3.05, 3.63) is 59.7 Å². The van der Waals surface area contributed by atoms with Crippen molar-refractivity contribution in [1.29, 1.82) is 0 Å². The summed E-state index contributed by atoms with van der Waals surface area (Å²) in [5.41, 5.74) is 4.77. The molecule has 34 heavy (non-hydrogen) atoms. The Kier molecular flexibility index (Phi) is 6.26. The quantitative estimate of drug-likeness (QED) is 0.552. The lowest BCUT2D eigenvalue weighted by Gasteiger charge is -2.17. The summed E-state index contributed by atoms with van der Waals surface area (Å²) in [6.07, 6.45) is 3.09. The third kappa shape index (κ3) is 4.79. The molecule has 3 aliphatic carbocycles. The van der Waals surface area contributed by atoms with Gasteiger partial charge in [0.05, 0.1) is 5.92 Å². The number of alkyl carbamates (subject to hydrolysis) is 1. The Morgan fingerprint density at radius 3 is 2.26 bits per heavy atom. The number of carboxylic acid groups (broad SMARTS) is 1. The van der Waals surface area contributed by atoms with Crippen LogP contribution in [0.1, 0.15) is 49.1 Å². The monoisotopic (exact) mass is 462 g/mol. The molecule has 2 saturated carbocycles. The van der Waals surface area contributed by atoms with Crippen molar-refractivity contribution in [3.8, 4) is 11.1 Å². The minimum absolute atomic E-state index is 0.00766. The van der Waals surface area contributed by atoms with E-state index >= 15 is 0 Å². The Morgan fingerprint density at radius 1 is 0.941 bits per heavy atom. The molecule has 0 heterocycles. The van der Waals surface area contributed by atoms with Crippen molar-refractivity contribution < 1.29 is 24.2 Å². The molecule has 2 aromatic carbocycles. The molecule has 5 rings (SSSR count). The van der Waals surface area contributed by atoms with Gasteiger partial charge in [-0.15, -0.1) is 0 Å². The number of fused-ring (bicyclic) bond motifs is 3. The summed E-state index contributed by atoms with van der Waals surface area (Å²) < 4.78 is 5.64. The fraction of sp³-hybridized carbons (Fsp3) is 0.444. The van der Waals surface area contributed by atoms with E-state index in [9.17, 15) is 14.4 Å². The molecule has 178 valence electrons. The average Bonchev–Trinajstić information content (AvgIpc) is 3.39. The number of ether oxygens (including phenoxy) is 1. The number of carbonyl (C=O) groups excluding carboxylic acids is 2. The third-order valence-electron chi connectivity index (χ3n) is 7.48. The highest BCUT2D eigenvalue weighted by Gasteiger charge is 2.43. The van der Waals surface area contributed by atoms with Crippen molar-refractivity contribution in [2.45, 2.75) is 44.1 Å². The number of nitrogens with one attached hydrogen (secondary N) is 2. The van der Waals surface area contributed by atoms with Gasteiger partial charge < -0.3 is 20.5 Å². The lowest BCUT2D eigenvalue weighted by Crippen LogP contribution is -2.34. The maximum Gasteiger partial charge on any atom is 0.407 e. The van der Waals surface area contributed by atoms with Crippen LogP contribution in [0.5, 0.6) is 0 Å². The molecule has 0 saturated heterocycles. The first kappa shape index (κ1) is 22.4. The summed E-state index contributed by atoms with van der Waals surface area (Å²) in [5, 5.41) is 14.8. The van der Waals surface area contributed by atoms with Crippen molar-refractivity contribution in [3.63, 3.8) is 0 Å². The second-order valence-corrected chi connectivity index (χ2v) is 9.79. The minimum Gasteiger partial charge on any atom is -0.481 e. The van der Waals surface area contributed by atoms with Gasteiger partial charge in [0.25, 0.3) is 0 Å². The van der Waals surface area contributed by atoms with Gasteiger partial charge >= 0.3 is 12.1 Å². The number of benzene rings is 2. The topological polar surface area (TPSA) is 105 Å². The van der Waals surface area contributed by atoms with Crippen LogP contribution in [-0.2, 0) is 14.3 Å². The summed E-state index contributed by atoms with van der Waals surface area (Å²) in [6, 6.07) is 16.5. The van der Waals surface area contributed by atoms with Gasteiger partial charge in [0.15, 0.2) is 0 Å². The molecule has 7 nitrogen and oxygen atoms in total. The number of rotatable bonds is 8. The van der Waals surface area contributed by atoms with Crippen LogP contribution in [0, 0.1) is 17.8 Å². The largest absolute Gasteiger partial charge is 0.481 e. The van der Waals surface area contributed by atoms with Crippen LogP contribution in [0.15, 0.2) is 48.5 Å². The molecule has 0 bridgehead atoms. The van der Waals surface area contributed by atoms with Crippen LogP contribution in [-0.4, -0.2) is 42.3 Å². The fourth-order valence-corrected chi connectivity index (χ4v) is 5.55. The van der Waals surface area contributed by atoms with Crippen LogP contribution < -0.4 is 10.6 Å². The molecule has 2 unspecified atom stereocenters. The molecule has 2 aromatic rings. The second-order valence-electron chi connectivity index (χ2n) is 9.79. The minimum atomic E-state index is -0.780. The normalized spacial score (nSPS) is 24.7. The maximum absolute atomic E-state index is 12.5. The molecule has 4 atom stereocenters. The molecule has 0 spiro atoms. The molecular weight excluding hydrogens is 432 g/mol. The zero-order chi connectivity index (χ0) is 23.7. The van der Waals surface area contributed by atoms with Gasteiger partial charge in [-0.1, -0.05) is 48.5 Å². The average molecular weight is 463 g/mol. The van der Waals surface area contributed by atoms with E-state index in [0.717, 1.165) is 19.3 Å². The molecule has 3 N–H and O–H groups in total. The molecule has 0 aliphatic heterocycles. The summed E-state index contributed by atoms with van der Waals surface area (Å²) in [6.45, 7) is 0.723. The molecule has 2 fully saturated rings. The lowest BCUT2D eigenvalue weighted by molar-refractivity contribution is -0.139. The van der Waals surface area contributed by atoms with E-state index < -0.39 is 12.1 Å². The smallest absolute Gasteiger partial charge is 0.407 e. The number of hydrogen-bond acceptors (Lipinski definition) is 4. The van der Waals surface area contributed by atoms with Crippen molar-refractivity contribution in [1.82, 2.24) is 10.6 Å². The predicted molar refractivity (Wildman–Crippen MR) is 126 cm³/mol. The standard InChI is InChI=1S/C27H30N2O5/c30-25(28-14-17-13-23(17)26(31)32)12-16-9-10-18(11-16)29-27(33)34-15-24-21-7-3-1-5-19(21)20-6-2-4-8-22(20)24/h1-8,16-18,23-24H,9-15H2,(H,28,30)(H,29,33)(H,31,32)/t16?,17-,18?,23-/m0/s1. The van der Waals surface area contributed by atoms with Crippen molar-refractivity contribution in [2.75, 3.05) is 13.2 Å². The molecule has 3 aliphatic rings. The zero-order valence-corrected chi connectivity index (χ0v) is 19.0. The van der Waals surface area contributed by atoms with Gasteiger partial charge in [-0.2, -0.15) is 0 Å². The van der Waals surface area contributed by atoms with Crippen LogP contribution in [0.2, 0.25) is 0 Å². The Bertz CT molecular complexity index is 1050. The van der Waals surface area contributed by atoms with Crippen LogP contribution in [0.25, 0.3) is 11.1 Å². The third-order valence-corrected chi connectivity index (χ3v) is 7.48. The molecule has 0 aromatic heterocycles. The van der Waals surface area contributed by atoms with Gasteiger partial charge in [0.1, 0.15) is 6.61 Å². The number of aliphatic carboxylic acids is 1. The van der Waals surface area contributed by atoms with E-state index in [1.807, 2.05) is 24.3 Å². The van der Waals surface area contributed by atoms with E-state index in [4.69, 9.17) is 9.84 Å². The van der Waals surface area contributed by atoms with Crippen LogP contribution >= 0.6 is 0 Å². The van der Waals surface area contributed by atoms with E-state index in [-0.39, 0.29) is 42.2 Å². The molecular formula is C27H30N2O5. The highest BCUT2D eigenvalue weighted by atomic mass is 16.5. The van der Waals surface area contributed by atoms with Gasteiger partial charge in [0, 0.05) is 24.9 Å². The first-order chi connectivity index (χ1) is 16.5. The fourth-order valence-electron chi connectivity index (χ4n) is 5.55. The van der Waals surface area contributed by atoms with Crippen LogP contribution in [0.4, 0.5) is 4.79 Å². The number of hydrogen-bond donors (Lipinski definition) is 3. The number of amides is 2. The Morgan fingerprint density at radius 2 is 1.62 bits per heavy atom. The van der Waals surface area contributed by atoms with E-state index in [2.05, 4.69) is 34.9 Å². The van der Waals surface area contributed by atoms with Crippen molar-refractivity contribution >= 4 is 18.0 Å². The number of carboxylic acids is 1. The lowest BCUT2D eigenvalue weighted by atomic mass is 9.98. The van der Waals surface area contributed by atoms with E-state index in [1.54, 1.807) is 0 Å². The van der Waals surface area contributed by atoms with E-state index in [1.165, 1.54) is 22.3 Å². The number of carbonyl (C=O) groups is 3. The summed E-state index contributed by atoms with van der Waals surface area (Å²) in [7, 11) is 0. The predicted octanol–water partition coefficient (Wildman–Crippen LogP) is 3.92. The first-order valence-electron chi connectivity index (χ1n) is 12.1. The highest BCUT2D eigenvalue weighted by molar-refractivity contribution is 5.79. The van der Waals surface area contributed by atoms with Gasteiger partial charge in [-0.3, -0.25) is 9.59 Å². The second kappa shape index (κ2) is 9.49. The van der Waals surface area contributed by atoms with Gasteiger partial charge in [-0.05, 0) is 59.8 Å². The summed E-state index contributed by atoms with van der Waals surface area (Å²) in [5.74, 6) is -0.815. The zero-order valence-electron chi connectivity index (χ0n) is 19.0. The van der Waals surface area contributed by atoms with Crippen molar-refractivity contribution in [2.24, 2.45) is 17.8 Å². The highest BCUT2D eigenvalue weighted by Crippen LogP contribution is 2.44. The first-order valence-corrected chi connectivity index (χ1v) is 12.1. The maximum atomic E-state index is 12.5. The Hall–Kier alpha value is -3.35. The SMILES string of the molecule is O=C(CC1CCC(NC(=O)OCC2c3ccccc3-c3ccccc32)C1)NC[C@@H]1C[C@@H]1C(=O)O. The molecule has 0 radical (unpaired) electrons. The molecule has 7 heteroatoms. The van der Waals surface area contributed by atoms with Crippen LogP contribution in [0.3, 0.4) is 0 Å². The Balaban J connectivity index is 1.06. The van der Waals surface area contributed by atoms with Gasteiger partial charge in [-0.25, -0.2) is 4.79 Å². The molecule has 2 amide bonds. The summed E-state index contributed by atoms with van der Waals surface area (Å²) in [4.78, 5) is 35.6. The van der Waals surface area contributed by atoms with E-state index in [0.29, 0.717) is 19.4 Å². The Labute approximate surface area is 198 Å².